The van der Waals surface area contributed by atoms with Gasteiger partial charge in [-0.25, -0.2) is 13.6 Å². The van der Waals surface area contributed by atoms with E-state index in [9.17, 15) is 44.7 Å². The topological polar surface area (TPSA) is 203 Å². The molecule has 4 N–H and O–H groups in total. The number of carbonyl (C=O) groups excluding carboxylic acids is 3. The van der Waals surface area contributed by atoms with Gasteiger partial charge in [0.1, 0.15) is 29.7 Å². The van der Waals surface area contributed by atoms with Gasteiger partial charge >= 0.3 is 6.09 Å². The maximum absolute atomic E-state index is 16.5. The van der Waals surface area contributed by atoms with Crippen LogP contribution in [-0.2, 0) is 51.9 Å². The van der Waals surface area contributed by atoms with Crippen LogP contribution >= 0.6 is 11.6 Å². The van der Waals surface area contributed by atoms with E-state index in [1.165, 1.54) is 42.5 Å². The quantitative estimate of drug-likeness (QED) is 0.0435. The van der Waals surface area contributed by atoms with Crippen LogP contribution in [0.4, 0.5) is 25.0 Å². The Hall–Kier alpha value is -5.47. The molecule has 0 radical (unpaired) electrons. The summed E-state index contributed by atoms with van der Waals surface area (Å²) < 4.78 is 106. The molecule has 1 fully saturated rings. The van der Waals surface area contributed by atoms with Crippen LogP contribution in [0.15, 0.2) is 100 Å². The standard InChI is InChI=1S/C51H62ClF2N5O10S2/c1-9-57-39-24-22-34(70(63,64)65)27-36(39)49(5,6)42(57)19-12-10-13-20-43-50(7,8)37-28-35(71(66,67)68)23-25-40(37)58(43)26-15-11-14-21-44(60)56-31-51(54)29-41(59(32-51)47(62)69-48(2,3)4)46(61)55-30-33-17-16-18-38(52)45(33)53/h10,12-13,16-20,22-25,27-28,41H,9,11,14-15,21,26,29-32H2,1-8H3,(H3-,55,56,60,61,63,64,65,66,67,68)/p+1/t41-,51-/m0/s1. The first-order valence-electron chi connectivity index (χ1n) is 23.4. The molecule has 1 saturated heterocycles. The number of carbonyl (C=O) groups is 3. The fourth-order valence-electron chi connectivity index (χ4n) is 9.44. The lowest BCUT2D eigenvalue weighted by Gasteiger charge is -2.28. The molecule has 0 aliphatic carbocycles. The van der Waals surface area contributed by atoms with E-state index in [4.69, 9.17) is 16.3 Å². The van der Waals surface area contributed by atoms with Gasteiger partial charge < -0.3 is 20.3 Å². The first-order valence-corrected chi connectivity index (χ1v) is 26.6. The third kappa shape index (κ3) is 12.4. The van der Waals surface area contributed by atoms with E-state index in [1.807, 2.05) is 65.0 Å². The number of hydrogen-bond acceptors (Lipinski definition) is 9. The number of ether oxygens (including phenoxy) is 1. The molecule has 384 valence electrons. The number of fused-ring (bicyclic) bond motifs is 2. The summed E-state index contributed by atoms with van der Waals surface area (Å²) in [5.74, 6) is -1.86. The molecule has 3 aromatic rings. The number of likely N-dealkylation sites (tertiary alicyclic amines) is 1. The summed E-state index contributed by atoms with van der Waals surface area (Å²) in [4.78, 5) is 42.3. The van der Waals surface area contributed by atoms with Gasteiger partial charge in [0.2, 0.25) is 17.5 Å². The van der Waals surface area contributed by atoms with Crippen LogP contribution in [0.5, 0.6) is 0 Å². The number of allylic oxidation sites excluding steroid dienone is 6. The van der Waals surface area contributed by atoms with E-state index >= 15 is 4.39 Å². The average molecular weight is 1040 g/mol. The van der Waals surface area contributed by atoms with Crippen LogP contribution < -0.4 is 15.5 Å². The summed E-state index contributed by atoms with van der Waals surface area (Å²) in [6, 6.07) is 12.1. The van der Waals surface area contributed by atoms with Gasteiger partial charge in [-0.2, -0.15) is 21.4 Å². The van der Waals surface area contributed by atoms with Crippen molar-refractivity contribution in [2.24, 2.45) is 0 Å². The molecule has 0 spiro atoms. The first-order chi connectivity index (χ1) is 33.0. The highest BCUT2D eigenvalue weighted by Crippen LogP contribution is 2.49. The second-order valence-electron chi connectivity index (χ2n) is 20.1. The maximum atomic E-state index is 16.5. The number of nitrogens with one attached hydrogen (secondary N) is 2. The number of nitrogens with zero attached hydrogens (tertiary/aromatic N) is 3. The maximum Gasteiger partial charge on any atom is 0.411 e. The van der Waals surface area contributed by atoms with Gasteiger partial charge in [0.25, 0.3) is 20.2 Å². The third-order valence-corrected chi connectivity index (χ3v) is 15.1. The third-order valence-electron chi connectivity index (χ3n) is 13.1. The molecule has 3 heterocycles. The number of anilines is 1. The molecule has 15 nitrogen and oxygen atoms in total. The lowest BCUT2D eigenvalue weighted by molar-refractivity contribution is -0.433. The Labute approximate surface area is 420 Å². The zero-order valence-electron chi connectivity index (χ0n) is 41.2. The molecule has 3 aliphatic rings. The van der Waals surface area contributed by atoms with Crippen LogP contribution in [0.25, 0.3) is 0 Å². The lowest BCUT2D eigenvalue weighted by Crippen LogP contribution is -2.47. The molecule has 3 aromatic carbocycles. The van der Waals surface area contributed by atoms with Gasteiger partial charge in [-0.3, -0.25) is 23.6 Å². The van der Waals surface area contributed by atoms with E-state index in [1.54, 1.807) is 32.9 Å². The van der Waals surface area contributed by atoms with Crippen molar-refractivity contribution in [2.75, 3.05) is 31.1 Å². The molecule has 0 unspecified atom stereocenters. The van der Waals surface area contributed by atoms with Crippen LogP contribution in [0, 0.1) is 5.82 Å². The van der Waals surface area contributed by atoms with Crippen molar-refractivity contribution in [2.45, 2.75) is 132 Å². The van der Waals surface area contributed by atoms with Crippen molar-refractivity contribution in [1.82, 2.24) is 15.5 Å². The predicted molar refractivity (Wildman–Crippen MR) is 268 cm³/mol. The molecule has 2 atom stereocenters. The first kappa shape index (κ1) is 54.9. The highest BCUT2D eigenvalue weighted by atomic mass is 35.5. The summed E-state index contributed by atoms with van der Waals surface area (Å²) in [7, 11) is -8.90. The number of amides is 3. The Morgan fingerprint density at radius 1 is 0.901 bits per heavy atom. The smallest absolute Gasteiger partial charge is 0.411 e. The summed E-state index contributed by atoms with van der Waals surface area (Å²) in [6.45, 7) is 14.6. The van der Waals surface area contributed by atoms with Crippen molar-refractivity contribution in [1.29, 1.82) is 0 Å². The molecule has 0 saturated carbocycles. The van der Waals surface area contributed by atoms with Gasteiger partial charge in [-0.15, -0.1) is 0 Å². The van der Waals surface area contributed by atoms with E-state index in [2.05, 4.69) is 20.1 Å². The molecule has 6 rings (SSSR count). The molecule has 20 heteroatoms. The van der Waals surface area contributed by atoms with Crippen LogP contribution in [0.1, 0.15) is 104 Å². The normalized spacial score (nSPS) is 20.3. The Kier molecular flexibility index (Phi) is 16.2. The van der Waals surface area contributed by atoms with E-state index in [0.29, 0.717) is 37.9 Å². The second kappa shape index (κ2) is 20.9. The number of alkyl halides is 1. The molecular weight excluding hydrogens is 980 g/mol. The largest absolute Gasteiger partial charge is 0.444 e. The Morgan fingerprint density at radius 3 is 2.21 bits per heavy atom. The monoisotopic (exact) mass is 1040 g/mol. The van der Waals surface area contributed by atoms with Gasteiger partial charge in [-0.05, 0) is 102 Å². The lowest BCUT2D eigenvalue weighted by atomic mass is 9.81. The van der Waals surface area contributed by atoms with Gasteiger partial charge in [0.15, 0.2) is 5.71 Å². The molecule has 71 heavy (non-hydrogen) atoms. The van der Waals surface area contributed by atoms with E-state index < -0.39 is 91.6 Å². The summed E-state index contributed by atoms with van der Waals surface area (Å²) in [5.41, 5.74) is 0.523. The van der Waals surface area contributed by atoms with Crippen LogP contribution in [-0.4, -0.2) is 103 Å². The van der Waals surface area contributed by atoms with Crippen molar-refractivity contribution in [3.05, 3.63) is 118 Å². The Balaban J connectivity index is 1.09. The summed E-state index contributed by atoms with van der Waals surface area (Å²) >= 11 is 5.88. The number of rotatable bonds is 17. The van der Waals surface area contributed by atoms with Crippen LogP contribution in [0.2, 0.25) is 5.02 Å². The average Bonchev–Trinajstić information content (AvgIpc) is 3.82. The highest BCUT2D eigenvalue weighted by Gasteiger charge is 2.51. The van der Waals surface area contributed by atoms with Crippen molar-refractivity contribution in [3.63, 3.8) is 0 Å². The Morgan fingerprint density at radius 2 is 1.56 bits per heavy atom. The summed E-state index contributed by atoms with van der Waals surface area (Å²) in [6.07, 6.45) is 9.86. The van der Waals surface area contributed by atoms with Gasteiger partial charge in [-0.1, -0.05) is 62.2 Å². The highest BCUT2D eigenvalue weighted by molar-refractivity contribution is 7.86. The zero-order valence-corrected chi connectivity index (χ0v) is 43.6. The number of unbranched alkanes of at least 4 members (excludes halogenated alkanes) is 2. The van der Waals surface area contributed by atoms with Crippen molar-refractivity contribution in [3.8, 4) is 0 Å². The minimum Gasteiger partial charge on any atom is -0.444 e. The Bertz CT molecular complexity index is 2950. The fraction of sp³-hybridized carbons (Fsp3) is 0.451. The minimum absolute atomic E-state index is 0.0661. The van der Waals surface area contributed by atoms with Gasteiger partial charge in [0, 0.05) is 66.0 Å². The number of benzene rings is 3. The zero-order chi connectivity index (χ0) is 52.5. The molecule has 3 aliphatic heterocycles. The molecule has 0 bridgehead atoms. The van der Waals surface area contributed by atoms with Crippen molar-refractivity contribution < 1.29 is 58.4 Å². The summed E-state index contributed by atoms with van der Waals surface area (Å²) in [5, 5.41) is 5.07. The minimum atomic E-state index is -4.50. The molecule has 0 aromatic heterocycles. The SMILES string of the molecule is CC[N+]1=C(C=CC=CC=C2N(CCCCCC(=O)NC[C@@]3(F)C[C@@H](C(=O)NCc4cccc(Cl)c4F)N(C(=O)OC(C)(C)C)C3)c3ccc(S(=O)(=O)O)cc3C2(C)C)C(C)(C)c2cc(S(=O)(=O)O)ccc21. The number of hydrogen-bond donors (Lipinski definition) is 4. The molecule has 3 amide bonds. The number of halogens is 3. The fourth-order valence-corrected chi connectivity index (χ4v) is 10.7. The van der Waals surface area contributed by atoms with E-state index in [0.717, 1.165) is 33.2 Å². The van der Waals surface area contributed by atoms with Gasteiger partial charge in [0.05, 0.1) is 33.3 Å². The van der Waals surface area contributed by atoms with Crippen LogP contribution in [0.3, 0.4) is 0 Å². The van der Waals surface area contributed by atoms with Crippen molar-refractivity contribution >= 4 is 66.8 Å². The predicted octanol–water partition coefficient (Wildman–Crippen LogP) is 8.87. The second-order valence-corrected chi connectivity index (χ2v) is 23.4. The molecular formula is C51H63ClF2N5O10S2+. The van der Waals surface area contributed by atoms with E-state index in [-0.39, 0.29) is 33.3 Å².